The number of halogens is 1. The van der Waals surface area contributed by atoms with E-state index in [0.717, 1.165) is 5.69 Å². The van der Waals surface area contributed by atoms with Gasteiger partial charge in [0.2, 0.25) is 0 Å². The van der Waals surface area contributed by atoms with E-state index < -0.39 is 6.67 Å². The first kappa shape index (κ1) is 10.5. The fourth-order valence-electron chi connectivity index (χ4n) is 1.29. The Kier molecular flexibility index (Phi) is 3.41. The average molecular weight is 193 g/mol. The lowest BCUT2D eigenvalue weighted by atomic mass is 10.1. The monoisotopic (exact) mass is 193 g/mol. The molecule has 0 unspecified atom stereocenters. The van der Waals surface area contributed by atoms with Crippen molar-refractivity contribution < 1.29 is 4.39 Å². The molecule has 1 aromatic heterocycles. The van der Waals surface area contributed by atoms with E-state index in [2.05, 4.69) is 16.4 Å². The Morgan fingerprint density at radius 2 is 2.29 bits per heavy atom. The molecule has 0 aliphatic carbocycles. The van der Waals surface area contributed by atoms with Gasteiger partial charge >= 0.3 is 0 Å². The molecule has 3 nitrogen and oxygen atoms in total. The molecule has 0 amide bonds. The molecule has 1 N–H and O–H groups in total. The van der Waals surface area contributed by atoms with Crippen LogP contribution in [0.25, 0.3) is 0 Å². The maximum atomic E-state index is 12.0. The molecule has 0 bridgehead atoms. The first-order valence-corrected chi connectivity index (χ1v) is 4.37. The normalized spacial score (nSPS) is 9.57. The van der Waals surface area contributed by atoms with Crippen molar-refractivity contribution in [3.63, 3.8) is 0 Å². The van der Waals surface area contributed by atoms with Gasteiger partial charge in [-0.1, -0.05) is 0 Å². The quantitative estimate of drug-likeness (QED) is 0.798. The minimum Gasteiger partial charge on any atom is -0.381 e. The molecule has 1 heterocycles. The highest BCUT2D eigenvalue weighted by Crippen LogP contribution is 2.18. The molecule has 0 aliphatic rings. The van der Waals surface area contributed by atoms with Crippen molar-refractivity contribution in [2.75, 3.05) is 18.5 Å². The Labute approximate surface area is 82.6 Å². The highest BCUT2D eigenvalue weighted by molar-refractivity contribution is 5.59. The number of hydrogen-bond donors (Lipinski definition) is 1. The second kappa shape index (κ2) is 4.56. The maximum absolute atomic E-state index is 12.0. The van der Waals surface area contributed by atoms with Crippen LogP contribution in [-0.2, 0) is 0 Å². The van der Waals surface area contributed by atoms with E-state index >= 15 is 0 Å². The molecular weight excluding hydrogens is 181 g/mol. The van der Waals surface area contributed by atoms with E-state index in [1.807, 2.05) is 6.92 Å². The van der Waals surface area contributed by atoms with Crippen LogP contribution in [0.15, 0.2) is 6.07 Å². The van der Waals surface area contributed by atoms with Crippen molar-refractivity contribution in [1.29, 1.82) is 5.26 Å². The molecule has 0 aromatic carbocycles. The molecule has 0 fully saturated rings. The molecule has 0 saturated carbocycles. The van der Waals surface area contributed by atoms with Gasteiger partial charge in [0.05, 0.1) is 16.9 Å². The third kappa shape index (κ3) is 2.19. The van der Waals surface area contributed by atoms with Crippen molar-refractivity contribution in [1.82, 2.24) is 4.98 Å². The number of alkyl halides is 1. The van der Waals surface area contributed by atoms with Crippen LogP contribution >= 0.6 is 0 Å². The van der Waals surface area contributed by atoms with Gasteiger partial charge in [0, 0.05) is 12.2 Å². The SMILES string of the molecule is Cc1cc(NCCF)c(C#N)c(C)n1. The summed E-state index contributed by atoms with van der Waals surface area (Å²) in [5, 5.41) is 11.7. The second-order valence-corrected chi connectivity index (χ2v) is 3.00. The summed E-state index contributed by atoms with van der Waals surface area (Å²) in [6, 6.07) is 3.80. The second-order valence-electron chi connectivity index (χ2n) is 3.00. The van der Waals surface area contributed by atoms with Crippen LogP contribution in [0.3, 0.4) is 0 Å². The Hall–Kier alpha value is -1.63. The Morgan fingerprint density at radius 1 is 1.57 bits per heavy atom. The molecule has 4 heteroatoms. The van der Waals surface area contributed by atoms with Gasteiger partial charge in [0.25, 0.3) is 0 Å². The van der Waals surface area contributed by atoms with E-state index in [0.29, 0.717) is 16.9 Å². The molecule has 1 aromatic rings. The van der Waals surface area contributed by atoms with Crippen molar-refractivity contribution in [3.05, 3.63) is 23.0 Å². The van der Waals surface area contributed by atoms with Crippen molar-refractivity contribution >= 4 is 5.69 Å². The Morgan fingerprint density at radius 3 is 2.86 bits per heavy atom. The lowest BCUT2D eigenvalue weighted by molar-refractivity contribution is 0.512. The van der Waals surface area contributed by atoms with Crippen LogP contribution in [0, 0.1) is 25.2 Å². The molecule has 1 rings (SSSR count). The molecular formula is C10H12FN3. The Bertz CT molecular complexity index is 368. The highest BCUT2D eigenvalue weighted by atomic mass is 19.1. The summed E-state index contributed by atoms with van der Waals surface area (Å²) in [5.41, 5.74) is 2.65. The summed E-state index contributed by atoms with van der Waals surface area (Å²) < 4.78 is 12.0. The van der Waals surface area contributed by atoms with Gasteiger partial charge in [0.1, 0.15) is 12.7 Å². The summed E-state index contributed by atoms with van der Waals surface area (Å²) in [6.45, 7) is 3.38. The van der Waals surface area contributed by atoms with Crippen LogP contribution in [0.1, 0.15) is 17.0 Å². The summed E-state index contributed by atoms with van der Waals surface area (Å²) in [7, 11) is 0. The zero-order valence-electron chi connectivity index (χ0n) is 8.26. The first-order valence-electron chi connectivity index (χ1n) is 4.37. The fourth-order valence-corrected chi connectivity index (χ4v) is 1.29. The Balaban J connectivity index is 3.07. The van der Waals surface area contributed by atoms with Gasteiger partial charge < -0.3 is 5.32 Å². The predicted octanol–water partition coefficient (Wildman–Crippen LogP) is 1.95. The molecule has 74 valence electrons. The average Bonchev–Trinajstić information content (AvgIpc) is 2.14. The first-order chi connectivity index (χ1) is 6.69. The van der Waals surface area contributed by atoms with Crippen LogP contribution < -0.4 is 5.32 Å². The molecule has 0 atom stereocenters. The lowest BCUT2D eigenvalue weighted by Gasteiger charge is -2.08. The number of nitriles is 1. The van der Waals surface area contributed by atoms with E-state index in [4.69, 9.17) is 5.26 Å². The van der Waals surface area contributed by atoms with Gasteiger partial charge in [0.15, 0.2) is 0 Å². The van der Waals surface area contributed by atoms with Gasteiger partial charge in [-0.25, -0.2) is 4.39 Å². The smallest absolute Gasteiger partial charge is 0.107 e. The fraction of sp³-hybridized carbons (Fsp3) is 0.400. The van der Waals surface area contributed by atoms with Crippen LogP contribution in [0.4, 0.5) is 10.1 Å². The molecule has 0 radical (unpaired) electrons. The standard InChI is InChI=1S/C10H12FN3/c1-7-5-10(13-4-3-11)9(6-12)8(2)14-7/h5H,3-4H2,1-2H3,(H,13,14). The highest BCUT2D eigenvalue weighted by Gasteiger charge is 2.06. The van der Waals surface area contributed by atoms with E-state index in [1.54, 1.807) is 13.0 Å². The largest absolute Gasteiger partial charge is 0.381 e. The van der Waals surface area contributed by atoms with Crippen LogP contribution in [0.2, 0.25) is 0 Å². The van der Waals surface area contributed by atoms with Crippen molar-refractivity contribution in [3.8, 4) is 6.07 Å². The summed E-state index contributed by atoms with van der Waals surface area (Å²) in [6.07, 6.45) is 0. The van der Waals surface area contributed by atoms with E-state index in [9.17, 15) is 4.39 Å². The number of aryl methyl sites for hydroxylation is 2. The zero-order valence-corrected chi connectivity index (χ0v) is 8.26. The van der Waals surface area contributed by atoms with Crippen LogP contribution in [-0.4, -0.2) is 18.2 Å². The number of anilines is 1. The van der Waals surface area contributed by atoms with Gasteiger partial charge in [-0.2, -0.15) is 5.26 Å². The number of rotatable bonds is 3. The molecule has 14 heavy (non-hydrogen) atoms. The predicted molar refractivity (Wildman–Crippen MR) is 52.9 cm³/mol. The number of hydrogen-bond acceptors (Lipinski definition) is 3. The molecule has 0 saturated heterocycles. The van der Waals surface area contributed by atoms with Gasteiger partial charge in [-0.3, -0.25) is 4.98 Å². The minimum atomic E-state index is -0.453. The van der Waals surface area contributed by atoms with Gasteiger partial charge in [-0.15, -0.1) is 0 Å². The van der Waals surface area contributed by atoms with Crippen LogP contribution in [0.5, 0.6) is 0 Å². The topological polar surface area (TPSA) is 48.7 Å². The minimum absolute atomic E-state index is 0.220. The lowest BCUT2D eigenvalue weighted by Crippen LogP contribution is -2.06. The molecule has 0 spiro atoms. The number of nitrogens with zero attached hydrogens (tertiary/aromatic N) is 2. The third-order valence-corrected chi connectivity index (χ3v) is 1.85. The van der Waals surface area contributed by atoms with Crippen molar-refractivity contribution in [2.45, 2.75) is 13.8 Å². The van der Waals surface area contributed by atoms with E-state index in [-0.39, 0.29) is 6.54 Å². The number of aromatic nitrogens is 1. The maximum Gasteiger partial charge on any atom is 0.107 e. The summed E-state index contributed by atoms with van der Waals surface area (Å²) in [5.74, 6) is 0. The molecule has 0 aliphatic heterocycles. The number of nitrogens with one attached hydrogen (secondary N) is 1. The van der Waals surface area contributed by atoms with E-state index in [1.165, 1.54) is 0 Å². The van der Waals surface area contributed by atoms with Gasteiger partial charge in [-0.05, 0) is 19.9 Å². The van der Waals surface area contributed by atoms with Crippen molar-refractivity contribution in [2.24, 2.45) is 0 Å². The number of pyridine rings is 1. The third-order valence-electron chi connectivity index (χ3n) is 1.85. The summed E-state index contributed by atoms with van der Waals surface area (Å²) >= 11 is 0. The zero-order chi connectivity index (χ0) is 10.6. The summed E-state index contributed by atoms with van der Waals surface area (Å²) in [4.78, 5) is 4.16.